The number of amidine groups is 1. The Balaban J connectivity index is 0.00000288. The molecule has 6 heteroatoms. The molecule has 0 aliphatic carbocycles. The summed E-state index contributed by atoms with van der Waals surface area (Å²) in [5, 5.41) is 0. The fourth-order valence-corrected chi connectivity index (χ4v) is 2.90. The fourth-order valence-electron chi connectivity index (χ4n) is 2.04. The van der Waals surface area contributed by atoms with E-state index < -0.39 is 0 Å². The molecule has 0 unspecified atom stereocenters. The molecule has 0 saturated carbocycles. The average Bonchev–Trinajstić information content (AvgIpc) is 3.01. The third-order valence-electron chi connectivity index (χ3n) is 3.05. The van der Waals surface area contributed by atoms with Crippen molar-refractivity contribution < 1.29 is 9.53 Å². The molecule has 0 aliphatic heterocycles. The molecule has 4 nitrogen and oxygen atoms in total. The molecular formula is C18H21ClN2O2S. The van der Waals surface area contributed by atoms with E-state index in [0.717, 1.165) is 15.3 Å². The minimum atomic E-state index is -0.366. The Hall–Kier alpha value is -2.11. The van der Waals surface area contributed by atoms with E-state index in [1.165, 1.54) is 18.4 Å². The van der Waals surface area contributed by atoms with E-state index in [1.807, 2.05) is 62.4 Å². The lowest BCUT2D eigenvalue weighted by Crippen LogP contribution is -2.13. The first-order valence-electron chi connectivity index (χ1n) is 7.30. The molecule has 0 aliphatic rings. The number of carbonyl (C=O) groups excluding carboxylic acids is 1. The number of methoxy groups -OCH3 is 1. The standard InChI is InChI=1S/C18H20N2O2S.ClH/c1-12(2)20-17(19)16-10-9-14(23-16)11-15(18(21)22-3)13-7-5-4-6-8-13;/h4-12H,1-3H3,(H2,19,20);1H/b15-11+;. The average molecular weight is 365 g/mol. The van der Waals surface area contributed by atoms with Crippen molar-refractivity contribution in [3.63, 3.8) is 0 Å². The largest absolute Gasteiger partial charge is 0.465 e. The van der Waals surface area contributed by atoms with Crippen molar-refractivity contribution in [2.45, 2.75) is 19.9 Å². The molecule has 2 N–H and O–H groups in total. The Morgan fingerprint density at radius 3 is 2.46 bits per heavy atom. The SMILES string of the molecule is COC(=O)/C(=C/c1ccc(C(N)=NC(C)C)s1)c1ccccc1.Cl. The maximum atomic E-state index is 12.1. The lowest BCUT2D eigenvalue weighted by molar-refractivity contribution is -0.133. The first-order chi connectivity index (χ1) is 11.0. The summed E-state index contributed by atoms with van der Waals surface area (Å²) in [6, 6.07) is 13.4. The zero-order valence-corrected chi connectivity index (χ0v) is 15.5. The van der Waals surface area contributed by atoms with Crippen molar-refractivity contribution >= 4 is 47.2 Å². The number of halogens is 1. The number of hydrogen-bond donors (Lipinski definition) is 1. The zero-order chi connectivity index (χ0) is 16.8. The van der Waals surface area contributed by atoms with Crippen LogP contribution in [0.15, 0.2) is 47.5 Å². The van der Waals surface area contributed by atoms with Gasteiger partial charge in [0.2, 0.25) is 0 Å². The molecule has 0 atom stereocenters. The van der Waals surface area contributed by atoms with E-state index >= 15 is 0 Å². The number of esters is 1. The van der Waals surface area contributed by atoms with Crippen LogP contribution in [0.25, 0.3) is 11.6 Å². The van der Waals surface area contributed by atoms with Crippen molar-refractivity contribution in [2.75, 3.05) is 7.11 Å². The molecule has 2 aromatic rings. The van der Waals surface area contributed by atoms with Gasteiger partial charge >= 0.3 is 5.97 Å². The van der Waals surface area contributed by atoms with E-state index in [0.29, 0.717) is 11.4 Å². The van der Waals surface area contributed by atoms with Gasteiger partial charge in [-0.1, -0.05) is 30.3 Å². The predicted octanol–water partition coefficient (Wildman–Crippen LogP) is 4.00. The first kappa shape index (κ1) is 19.9. The van der Waals surface area contributed by atoms with Crippen LogP contribution in [0.3, 0.4) is 0 Å². The maximum absolute atomic E-state index is 12.1. The lowest BCUT2D eigenvalue weighted by Gasteiger charge is -2.05. The summed E-state index contributed by atoms with van der Waals surface area (Å²) in [7, 11) is 1.38. The van der Waals surface area contributed by atoms with Gasteiger partial charge in [-0.05, 0) is 37.6 Å². The Morgan fingerprint density at radius 2 is 1.88 bits per heavy atom. The highest BCUT2D eigenvalue weighted by Gasteiger charge is 2.13. The molecule has 1 aromatic heterocycles. The zero-order valence-electron chi connectivity index (χ0n) is 13.9. The first-order valence-corrected chi connectivity index (χ1v) is 8.12. The van der Waals surface area contributed by atoms with Gasteiger partial charge < -0.3 is 10.5 Å². The number of ether oxygens (including phenoxy) is 1. The number of rotatable bonds is 5. The Bertz CT molecular complexity index is 736. The van der Waals surface area contributed by atoms with Gasteiger partial charge in [-0.2, -0.15) is 0 Å². The Morgan fingerprint density at radius 1 is 1.21 bits per heavy atom. The van der Waals surface area contributed by atoms with Gasteiger partial charge in [-0.25, -0.2) is 4.79 Å². The number of benzene rings is 1. The topological polar surface area (TPSA) is 64.7 Å². The van der Waals surface area contributed by atoms with Gasteiger partial charge in [0, 0.05) is 10.9 Å². The second-order valence-electron chi connectivity index (χ2n) is 5.23. The number of nitrogens with two attached hydrogens (primary N) is 1. The van der Waals surface area contributed by atoms with Crippen molar-refractivity contribution in [3.8, 4) is 0 Å². The number of thiophene rings is 1. The molecular weight excluding hydrogens is 344 g/mol. The van der Waals surface area contributed by atoms with Gasteiger partial charge in [0.1, 0.15) is 5.84 Å². The highest BCUT2D eigenvalue weighted by Crippen LogP contribution is 2.24. The fraction of sp³-hybridized carbons (Fsp3) is 0.222. The second kappa shape index (κ2) is 9.25. The molecule has 0 spiro atoms. The van der Waals surface area contributed by atoms with Gasteiger partial charge in [0.25, 0.3) is 0 Å². The second-order valence-corrected chi connectivity index (χ2v) is 6.34. The van der Waals surface area contributed by atoms with Gasteiger partial charge in [-0.15, -0.1) is 23.7 Å². The Labute approximate surface area is 152 Å². The molecule has 0 bridgehead atoms. The van der Waals surface area contributed by atoms with Crippen LogP contribution < -0.4 is 5.73 Å². The molecule has 2 rings (SSSR count). The lowest BCUT2D eigenvalue weighted by atomic mass is 10.1. The monoisotopic (exact) mass is 364 g/mol. The molecule has 0 amide bonds. The van der Waals surface area contributed by atoms with E-state index in [9.17, 15) is 4.79 Å². The van der Waals surface area contributed by atoms with E-state index in [4.69, 9.17) is 10.5 Å². The molecule has 1 aromatic carbocycles. The summed E-state index contributed by atoms with van der Waals surface area (Å²) in [4.78, 5) is 18.2. The summed E-state index contributed by atoms with van der Waals surface area (Å²) >= 11 is 1.49. The van der Waals surface area contributed by atoms with Crippen LogP contribution in [0, 0.1) is 0 Å². The van der Waals surface area contributed by atoms with E-state index in [1.54, 1.807) is 0 Å². The van der Waals surface area contributed by atoms with E-state index in [2.05, 4.69) is 4.99 Å². The van der Waals surface area contributed by atoms with Crippen molar-refractivity contribution in [1.82, 2.24) is 0 Å². The highest BCUT2D eigenvalue weighted by molar-refractivity contribution is 7.15. The maximum Gasteiger partial charge on any atom is 0.338 e. The number of hydrogen-bond acceptors (Lipinski definition) is 4. The quantitative estimate of drug-likeness (QED) is 0.377. The van der Waals surface area contributed by atoms with Crippen LogP contribution >= 0.6 is 23.7 Å². The third-order valence-corrected chi connectivity index (χ3v) is 4.11. The normalized spacial score (nSPS) is 12.0. The molecule has 0 fully saturated rings. The smallest absolute Gasteiger partial charge is 0.338 e. The third kappa shape index (κ3) is 5.22. The Kier molecular flexibility index (Phi) is 7.68. The molecule has 24 heavy (non-hydrogen) atoms. The van der Waals surface area contributed by atoms with Crippen LogP contribution in [0.2, 0.25) is 0 Å². The highest BCUT2D eigenvalue weighted by atomic mass is 35.5. The van der Waals surface area contributed by atoms with E-state index in [-0.39, 0.29) is 24.4 Å². The number of nitrogens with zero attached hydrogens (tertiary/aromatic N) is 1. The van der Waals surface area contributed by atoms with Crippen molar-refractivity contribution in [2.24, 2.45) is 10.7 Å². The summed E-state index contributed by atoms with van der Waals surface area (Å²) in [6.07, 6.45) is 1.82. The summed E-state index contributed by atoms with van der Waals surface area (Å²) in [6.45, 7) is 3.96. The van der Waals surface area contributed by atoms with Gasteiger partial charge in [0.15, 0.2) is 0 Å². The van der Waals surface area contributed by atoms with Crippen LogP contribution in [0.1, 0.15) is 29.2 Å². The van der Waals surface area contributed by atoms with Gasteiger partial charge in [-0.3, -0.25) is 4.99 Å². The summed E-state index contributed by atoms with van der Waals surface area (Å²) in [5.74, 6) is 0.152. The summed E-state index contributed by atoms with van der Waals surface area (Å²) < 4.78 is 4.89. The van der Waals surface area contributed by atoms with Crippen LogP contribution in [-0.2, 0) is 9.53 Å². The minimum absolute atomic E-state index is 0. The molecule has 0 radical (unpaired) electrons. The van der Waals surface area contributed by atoms with Crippen LogP contribution in [-0.4, -0.2) is 25.0 Å². The van der Waals surface area contributed by atoms with Crippen molar-refractivity contribution in [3.05, 3.63) is 57.8 Å². The molecule has 128 valence electrons. The molecule has 0 saturated heterocycles. The van der Waals surface area contributed by atoms with Gasteiger partial charge in [0.05, 0.1) is 17.6 Å². The van der Waals surface area contributed by atoms with Crippen LogP contribution in [0.5, 0.6) is 0 Å². The molecule has 1 heterocycles. The van der Waals surface area contributed by atoms with Crippen LogP contribution in [0.4, 0.5) is 0 Å². The number of carbonyl (C=O) groups is 1. The number of aliphatic imine (C=N–C) groups is 1. The van der Waals surface area contributed by atoms with Crippen molar-refractivity contribution in [1.29, 1.82) is 0 Å². The predicted molar refractivity (Wildman–Crippen MR) is 104 cm³/mol. The summed E-state index contributed by atoms with van der Waals surface area (Å²) in [5.41, 5.74) is 7.32. The minimum Gasteiger partial charge on any atom is -0.465 e.